The summed E-state index contributed by atoms with van der Waals surface area (Å²) in [4.78, 5) is 39.0. The van der Waals surface area contributed by atoms with Crippen molar-refractivity contribution in [3.8, 4) is 0 Å². The van der Waals surface area contributed by atoms with Gasteiger partial charge in [0, 0.05) is 11.1 Å². The normalized spacial score (nSPS) is 12.6. The minimum Gasteiger partial charge on any atom is -0.447 e. The molecule has 5 nitrogen and oxygen atoms in total. The van der Waals surface area contributed by atoms with Gasteiger partial charge in [-0.25, -0.2) is 4.79 Å². The van der Waals surface area contributed by atoms with Gasteiger partial charge in [-0.05, 0) is 18.1 Å². The van der Waals surface area contributed by atoms with Gasteiger partial charge in [0.05, 0.1) is 10.6 Å². The summed E-state index contributed by atoms with van der Waals surface area (Å²) in [6.45, 7) is 3.57. The zero-order valence-electron chi connectivity index (χ0n) is 17.8. The van der Waals surface area contributed by atoms with Gasteiger partial charge in [-0.2, -0.15) is 0 Å². The number of ether oxygens (including phenoxy) is 1. The SMILES string of the molecule is CC(C)[C@H](NC(=O)c1ccccc1Cl)C(=O)O[C@H](C(=O)c1ccccc1)c1ccccc1. The van der Waals surface area contributed by atoms with E-state index in [0.717, 1.165) is 0 Å². The van der Waals surface area contributed by atoms with Crippen molar-refractivity contribution in [2.45, 2.75) is 26.0 Å². The molecule has 3 aromatic carbocycles. The summed E-state index contributed by atoms with van der Waals surface area (Å²) in [5, 5.41) is 2.98. The number of halogens is 1. The molecule has 3 rings (SSSR count). The Kier molecular flexibility index (Phi) is 7.79. The van der Waals surface area contributed by atoms with Crippen LogP contribution in [0.15, 0.2) is 84.9 Å². The lowest BCUT2D eigenvalue weighted by Crippen LogP contribution is -2.46. The monoisotopic (exact) mass is 449 g/mol. The van der Waals surface area contributed by atoms with Gasteiger partial charge in [-0.1, -0.05) is 98.2 Å². The highest BCUT2D eigenvalue weighted by Gasteiger charge is 2.32. The highest BCUT2D eigenvalue weighted by molar-refractivity contribution is 6.33. The maximum absolute atomic E-state index is 13.2. The van der Waals surface area contributed by atoms with Gasteiger partial charge < -0.3 is 10.1 Å². The van der Waals surface area contributed by atoms with Gasteiger partial charge in [0.1, 0.15) is 6.04 Å². The van der Waals surface area contributed by atoms with Crippen LogP contribution in [-0.2, 0) is 9.53 Å². The van der Waals surface area contributed by atoms with E-state index in [1.54, 1.807) is 92.7 Å². The molecule has 32 heavy (non-hydrogen) atoms. The summed E-state index contributed by atoms with van der Waals surface area (Å²) in [5.74, 6) is -1.81. The maximum atomic E-state index is 13.2. The van der Waals surface area contributed by atoms with Crippen LogP contribution in [0.2, 0.25) is 5.02 Å². The van der Waals surface area contributed by atoms with Crippen molar-refractivity contribution in [2.75, 3.05) is 0 Å². The van der Waals surface area contributed by atoms with Gasteiger partial charge in [0.2, 0.25) is 5.78 Å². The minimum absolute atomic E-state index is 0.257. The van der Waals surface area contributed by atoms with Crippen molar-refractivity contribution in [1.82, 2.24) is 5.32 Å². The molecule has 1 N–H and O–H groups in total. The number of ketones is 1. The number of Topliss-reactive ketones (excluding diaryl/α,β-unsaturated/α-hetero) is 1. The molecule has 164 valence electrons. The summed E-state index contributed by atoms with van der Waals surface area (Å²) in [5.41, 5.74) is 1.23. The standard InChI is InChI=1S/C26H24ClNO4/c1-17(2)22(28-25(30)20-15-9-10-16-21(20)27)26(31)32-24(19-13-7-4-8-14-19)23(29)18-11-5-3-6-12-18/h3-17,22,24H,1-2H3,(H,28,30)/t22-,24-/m0/s1. The summed E-state index contributed by atoms with van der Waals surface area (Å²) < 4.78 is 5.71. The van der Waals surface area contributed by atoms with Crippen LogP contribution in [-0.4, -0.2) is 23.7 Å². The Morgan fingerprint density at radius 2 is 1.38 bits per heavy atom. The fourth-order valence-electron chi connectivity index (χ4n) is 3.21. The molecule has 0 saturated heterocycles. The predicted molar refractivity (Wildman–Crippen MR) is 124 cm³/mol. The quantitative estimate of drug-likeness (QED) is 0.376. The number of benzene rings is 3. The second-order valence-corrected chi connectivity index (χ2v) is 8.04. The Balaban J connectivity index is 1.85. The topological polar surface area (TPSA) is 72.5 Å². The van der Waals surface area contributed by atoms with E-state index in [4.69, 9.17) is 16.3 Å². The smallest absolute Gasteiger partial charge is 0.329 e. The highest BCUT2D eigenvalue weighted by atomic mass is 35.5. The molecule has 0 bridgehead atoms. The third kappa shape index (κ3) is 5.62. The van der Waals surface area contributed by atoms with Crippen LogP contribution in [0.5, 0.6) is 0 Å². The van der Waals surface area contributed by atoms with Gasteiger partial charge >= 0.3 is 5.97 Å². The number of nitrogens with one attached hydrogen (secondary N) is 1. The first-order valence-electron chi connectivity index (χ1n) is 10.3. The summed E-state index contributed by atoms with van der Waals surface area (Å²) in [7, 11) is 0. The second kappa shape index (κ2) is 10.7. The van der Waals surface area contributed by atoms with E-state index in [1.807, 2.05) is 6.07 Å². The molecule has 0 aliphatic carbocycles. The average Bonchev–Trinajstić information content (AvgIpc) is 2.81. The van der Waals surface area contributed by atoms with Crippen LogP contribution in [0.25, 0.3) is 0 Å². The van der Waals surface area contributed by atoms with E-state index in [1.165, 1.54) is 0 Å². The molecule has 0 aliphatic rings. The Hall–Kier alpha value is -3.44. The van der Waals surface area contributed by atoms with Crippen molar-refractivity contribution in [3.05, 3.63) is 107 Å². The van der Waals surface area contributed by atoms with Gasteiger partial charge in [-0.15, -0.1) is 0 Å². The summed E-state index contributed by atoms with van der Waals surface area (Å²) in [6, 6.07) is 23.1. The Labute approximate surface area is 192 Å². The maximum Gasteiger partial charge on any atom is 0.329 e. The van der Waals surface area contributed by atoms with E-state index in [-0.39, 0.29) is 22.3 Å². The molecule has 0 radical (unpaired) electrons. The molecule has 0 aliphatic heterocycles. The van der Waals surface area contributed by atoms with Crippen LogP contribution in [0.4, 0.5) is 0 Å². The van der Waals surface area contributed by atoms with Gasteiger partial charge in [-0.3, -0.25) is 9.59 Å². The third-order valence-corrected chi connectivity index (χ3v) is 5.29. The Morgan fingerprint density at radius 1 is 0.812 bits per heavy atom. The second-order valence-electron chi connectivity index (χ2n) is 7.63. The lowest BCUT2D eigenvalue weighted by molar-refractivity contribution is -0.150. The number of carbonyl (C=O) groups is 3. The molecule has 0 aromatic heterocycles. The first-order chi connectivity index (χ1) is 15.4. The fourth-order valence-corrected chi connectivity index (χ4v) is 3.43. The van der Waals surface area contributed by atoms with Gasteiger partial charge in [0.15, 0.2) is 6.10 Å². The average molecular weight is 450 g/mol. The number of hydrogen-bond acceptors (Lipinski definition) is 4. The number of esters is 1. The summed E-state index contributed by atoms with van der Waals surface area (Å²) >= 11 is 6.11. The van der Waals surface area contributed by atoms with E-state index < -0.39 is 24.0 Å². The molecule has 0 unspecified atom stereocenters. The zero-order valence-corrected chi connectivity index (χ0v) is 18.6. The van der Waals surface area contributed by atoms with Crippen molar-refractivity contribution < 1.29 is 19.1 Å². The number of rotatable bonds is 8. The Bertz CT molecular complexity index is 1080. The molecule has 0 spiro atoms. The molecule has 3 aromatic rings. The molecular formula is C26H24ClNO4. The fraction of sp³-hybridized carbons (Fsp3) is 0.192. The van der Waals surface area contributed by atoms with Crippen LogP contribution in [0.3, 0.4) is 0 Å². The predicted octanol–water partition coefficient (Wildman–Crippen LogP) is 5.26. The molecule has 2 atom stereocenters. The van der Waals surface area contributed by atoms with Crippen molar-refractivity contribution in [3.63, 3.8) is 0 Å². The van der Waals surface area contributed by atoms with E-state index in [2.05, 4.69) is 5.32 Å². The van der Waals surface area contributed by atoms with E-state index in [0.29, 0.717) is 11.1 Å². The van der Waals surface area contributed by atoms with Crippen LogP contribution >= 0.6 is 11.6 Å². The van der Waals surface area contributed by atoms with Crippen LogP contribution < -0.4 is 5.32 Å². The van der Waals surface area contributed by atoms with Crippen LogP contribution in [0.1, 0.15) is 46.2 Å². The molecule has 0 fully saturated rings. The van der Waals surface area contributed by atoms with Crippen LogP contribution in [0, 0.1) is 5.92 Å². The molecule has 0 heterocycles. The number of hydrogen-bond donors (Lipinski definition) is 1. The third-order valence-electron chi connectivity index (χ3n) is 4.96. The van der Waals surface area contributed by atoms with Crippen molar-refractivity contribution in [2.24, 2.45) is 5.92 Å². The number of amides is 1. The van der Waals surface area contributed by atoms with E-state index in [9.17, 15) is 14.4 Å². The lowest BCUT2D eigenvalue weighted by Gasteiger charge is -2.24. The number of carbonyl (C=O) groups excluding carboxylic acids is 3. The highest BCUT2D eigenvalue weighted by Crippen LogP contribution is 2.24. The van der Waals surface area contributed by atoms with Gasteiger partial charge in [0.25, 0.3) is 5.91 Å². The largest absolute Gasteiger partial charge is 0.447 e. The Morgan fingerprint density at radius 3 is 1.97 bits per heavy atom. The summed E-state index contributed by atoms with van der Waals surface area (Å²) in [6.07, 6.45) is -1.13. The molecule has 0 saturated carbocycles. The first kappa shape index (κ1) is 23.2. The van der Waals surface area contributed by atoms with E-state index >= 15 is 0 Å². The minimum atomic E-state index is -1.13. The molecule has 6 heteroatoms. The molecular weight excluding hydrogens is 426 g/mol. The lowest BCUT2D eigenvalue weighted by atomic mass is 9.99. The molecule has 1 amide bonds. The first-order valence-corrected chi connectivity index (χ1v) is 10.7. The zero-order chi connectivity index (χ0) is 23.1. The van der Waals surface area contributed by atoms with Crippen molar-refractivity contribution in [1.29, 1.82) is 0 Å². The van der Waals surface area contributed by atoms with Crippen molar-refractivity contribution >= 4 is 29.3 Å².